The molecule has 0 radical (unpaired) electrons. The van der Waals surface area contributed by atoms with Gasteiger partial charge in [0.2, 0.25) is 6.10 Å². The highest BCUT2D eigenvalue weighted by Crippen LogP contribution is 2.64. The molecule has 2 bridgehead atoms. The number of nitrogens with zero attached hydrogens (tertiary/aromatic N) is 1. The molecule has 0 aromatic heterocycles. The Morgan fingerprint density at radius 2 is 1.88 bits per heavy atom. The Morgan fingerprint density at radius 3 is 2.59 bits per heavy atom. The van der Waals surface area contributed by atoms with Gasteiger partial charge in [0.15, 0.2) is 12.2 Å². The van der Waals surface area contributed by atoms with Gasteiger partial charge in [0.1, 0.15) is 11.5 Å². The molecule has 41 heavy (non-hydrogen) atoms. The summed E-state index contributed by atoms with van der Waals surface area (Å²) >= 11 is 0. The van der Waals surface area contributed by atoms with Crippen LogP contribution in [0.3, 0.4) is 0 Å². The van der Waals surface area contributed by atoms with Crippen LogP contribution in [0.2, 0.25) is 0 Å². The van der Waals surface area contributed by atoms with E-state index in [9.17, 15) is 24.6 Å². The Labute approximate surface area is 237 Å². The van der Waals surface area contributed by atoms with Gasteiger partial charge >= 0.3 is 17.9 Å². The van der Waals surface area contributed by atoms with Gasteiger partial charge in [-0.3, -0.25) is 4.79 Å². The lowest BCUT2D eigenvalue weighted by atomic mass is 9.50. The number of rotatable bonds is 7. The molecule has 6 rings (SSSR count). The van der Waals surface area contributed by atoms with E-state index in [0.29, 0.717) is 36.3 Å². The lowest BCUT2D eigenvalue weighted by Crippen LogP contribution is -2.74. The number of carbonyl (C=O) groups excluding carboxylic acids is 3. The highest BCUT2D eigenvalue weighted by molar-refractivity contribution is 5.84. The van der Waals surface area contributed by atoms with Gasteiger partial charge in [-0.2, -0.15) is 0 Å². The lowest BCUT2D eigenvalue weighted by molar-refractivity contribution is -0.181. The number of carbonyl (C=O) groups is 3. The topological polar surface area (TPSA) is 132 Å². The molecule has 2 heterocycles. The van der Waals surface area contributed by atoms with Crippen molar-refractivity contribution >= 4 is 17.9 Å². The van der Waals surface area contributed by atoms with E-state index in [1.54, 1.807) is 36.4 Å². The van der Waals surface area contributed by atoms with Crippen LogP contribution in [0.5, 0.6) is 5.75 Å². The Bertz CT molecular complexity index is 1440. The number of benzene rings is 2. The van der Waals surface area contributed by atoms with E-state index in [0.717, 1.165) is 11.1 Å². The van der Waals surface area contributed by atoms with Crippen LogP contribution in [0.1, 0.15) is 55.0 Å². The van der Waals surface area contributed by atoms with Gasteiger partial charge in [-0.15, -0.1) is 0 Å². The second kappa shape index (κ2) is 9.97. The molecule has 2 aromatic carbocycles. The summed E-state index contributed by atoms with van der Waals surface area (Å²) in [5.41, 5.74) is 0.842. The number of aliphatic hydroxyl groups excluding tert-OH is 1. The van der Waals surface area contributed by atoms with Crippen LogP contribution in [-0.2, 0) is 47.0 Å². The molecule has 0 amide bonds. The van der Waals surface area contributed by atoms with Crippen molar-refractivity contribution in [3.63, 3.8) is 0 Å². The molecular formula is C31H33NO9. The first-order valence-electron chi connectivity index (χ1n) is 13.8. The van der Waals surface area contributed by atoms with Crippen molar-refractivity contribution in [1.82, 2.24) is 4.90 Å². The zero-order valence-corrected chi connectivity index (χ0v) is 23.2. The fourth-order valence-corrected chi connectivity index (χ4v) is 7.19. The Balaban J connectivity index is 1.36. The van der Waals surface area contributed by atoms with Crippen molar-refractivity contribution in [2.24, 2.45) is 0 Å². The van der Waals surface area contributed by atoms with E-state index < -0.39 is 47.2 Å². The fraction of sp³-hybridized carbons (Fsp3) is 0.452. The Morgan fingerprint density at radius 1 is 1.12 bits per heavy atom. The molecule has 10 nitrogen and oxygen atoms in total. The smallest absolute Gasteiger partial charge is 0.357 e. The number of ether oxygens (including phenoxy) is 4. The van der Waals surface area contributed by atoms with Crippen LogP contribution in [0.15, 0.2) is 54.3 Å². The first kappa shape index (κ1) is 27.4. The van der Waals surface area contributed by atoms with Gasteiger partial charge in [-0.1, -0.05) is 42.5 Å². The molecule has 6 atom stereocenters. The van der Waals surface area contributed by atoms with Crippen molar-refractivity contribution in [2.45, 2.75) is 75.1 Å². The zero-order valence-electron chi connectivity index (χ0n) is 23.2. The van der Waals surface area contributed by atoms with Crippen molar-refractivity contribution in [3.05, 3.63) is 76.6 Å². The standard InChI is InChI=1S/C31H33NO9/c1-17(38-18(2)34)28(35)41-26(19-7-5-4-6-8-19)29(36)39-22-11-12-31(37)23-15-20-9-10-21(16-33)25-24(20)30(31,27(22)40-25)13-14-32(23)3/h4-11,17,23,26-27,33,37H,12-16H2,1-3H3/t17-,23+,26-,27-,30-,31+/m0/s1. The molecule has 2 aliphatic carbocycles. The van der Waals surface area contributed by atoms with Crippen LogP contribution in [0.4, 0.5) is 0 Å². The number of hydrogen-bond donors (Lipinski definition) is 2. The summed E-state index contributed by atoms with van der Waals surface area (Å²) in [6, 6.07) is 12.1. The van der Waals surface area contributed by atoms with E-state index in [-0.39, 0.29) is 24.8 Å². The summed E-state index contributed by atoms with van der Waals surface area (Å²) in [6.07, 6.45) is -0.383. The van der Waals surface area contributed by atoms with Gasteiger partial charge in [-0.25, -0.2) is 9.59 Å². The average molecular weight is 564 g/mol. The third-order valence-electron chi connectivity index (χ3n) is 9.07. The molecule has 10 heteroatoms. The molecule has 2 aromatic rings. The van der Waals surface area contributed by atoms with E-state index in [4.69, 9.17) is 18.9 Å². The second-order valence-electron chi connectivity index (χ2n) is 11.3. The summed E-state index contributed by atoms with van der Waals surface area (Å²) in [5, 5.41) is 22.5. The minimum atomic E-state index is -1.44. The molecule has 1 spiro atoms. The van der Waals surface area contributed by atoms with Crippen LogP contribution < -0.4 is 4.74 Å². The van der Waals surface area contributed by atoms with Crippen molar-refractivity contribution in [1.29, 1.82) is 0 Å². The van der Waals surface area contributed by atoms with Gasteiger partial charge in [0.05, 0.1) is 17.6 Å². The second-order valence-corrected chi connectivity index (χ2v) is 11.3. The van der Waals surface area contributed by atoms with Gasteiger partial charge in [-0.05, 0) is 45.0 Å². The van der Waals surface area contributed by atoms with E-state index >= 15 is 0 Å². The Kier molecular flexibility index (Phi) is 6.67. The molecule has 0 saturated carbocycles. The molecule has 1 saturated heterocycles. The zero-order chi connectivity index (χ0) is 29.1. The fourth-order valence-electron chi connectivity index (χ4n) is 7.19. The first-order chi connectivity index (χ1) is 19.6. The molecule has 4 aliphatic rings. The summed E-state index contributed by atoms with van der Waals surface area (Å²) in [4.78, 5) is 40.0. The molecular weight excluding hydrogens is 530 g/mol. The van der Waals surface area contributed by atoms with Crippen LogP contribution in [-0.4, -0.2) is 70.5 Å². The number of aliphatic hydroxyl groups is 2. The minimum Gasteiger partial charge on any atom is -0.481 e. The van der Waals surface area contributed by atoms with Crippen LogP contribution in [0, 0.1) is 0 Å². The Hall–Kier alpha value is -3.73. The summed E-state index contributed by atoms with van der Waals surface area (Å²) in [6.45, 7) is 3.00. The average Bonchev–Trinajstić information content (AvgIpc) is 3.31. The number of hydrogen-bond acceptors (Lipinski definition) is 10. The predicted octanol–water partition coefficient (Wildman–Crippen LogP) is 2.24. The van der Waals surface area contributed by atoms with Crippen molar-refractivity contribution in [3.8, 4) is 5.75 Å². The normalized spacial score (nSPS) is 28.9. The quantitative estimate of drug-likeness (QED) is 0.382. The maximum absolute atomic E-state index is 13.7. The first-order valence-corrected chi connectivity index (χ1v) is 13.8. The highest BCUT2D eigenvalue weighted by atomic mass is 16.6. The van der Waals surface area contributed by atoms with E-state index in [2.05, 4.69) is 4.90 Å². The number of likely N-dealkylation sites (N-methyl/N-ethyl adjacent to an activating group) is 1. The molecule has 216 valence electrons. The van der Waals surface area contributed by atoms with Gasteiger partial charge < -0.3 is 34.1 Å². The lowest BCUT2D eigenvalue weighted by Gasteiger charge is -2.61. The molecule has 2 aliphatic heterocycles. The summed E-state index contributed by atoms with van der Waals surface area (Å²) < 4.78 is 23.0. The van der Waals surface area contributed by atoms with Crippen molar-refractivity contribution in [2.75, 3.05) is 13.6 Å². The SMILES string of the molecule is CC(=O)O[C@@H](C)C(=O)O[C@H](C(=O)OC1=CC[C@@]2(O)[C@H]3Cc4ccc(CO)c5c4[C@@]2(CCN3C)[C@H]1O5)c1ccccc1. The maximum Gasteiger partial charge on any atom is 0.357 e. The van der Waals surface area contributed by atoms with Gasteiger partial charge in [0, 0.05) is 36.1 Å². The predicted molar refractivity (Wildman–Crippen MR) is 143 cm³/mol. The number of likely N-dealkylation sites (tertiary alicyclic amines) is 1. The van der Waals surface area contributed by atoms with Crippen molar-refractivity contribution < 1.29 is 43.5 Å². The van der Waals surface area contributed by atoms with Crippen LogP contribution >= 0.6 is 0 Å². The minimum absolute atomic E-state index is 0.171. The summed E-state index contributed by atoms with van der Waals surface area (Å²) in [7, 11) is 2.00. The maximum atomic E-state index is 13.7. The largest absolute Gasteiger partial charge is 0.481 e. The third-order valence-corrected chi connectivity index (χ3v) is 9.07. The van der Waals surface area contributed by atoms with Gasteiger partial charge in [0.25, 0.3) is 0 Å². The highest BCUT2D eigenvalue weighted by Gasteiger charge is 2.72. The summed E-state index contributed by atoms with van der Waals surface area (Å²) in [5.74, 6) is -1.66. The molecule has 2 N–H and O–H groups in total. The molecule has 0 unspecified atom stereocenters. The third kappa shape index (κ3) is 4.07. The van der Waals surface area contributed by atoms with E-state index in [1.807, 2.05) is 19.2 Å². The monoisotopic (exact) mass is 563 g/mol. The van der Waals surface area contributed by atoms with Crippen LogP contribution in [0.25, 0.3) is 0 Å². The molecule has 1 fully saturated rings. The van der Waals surface area contributed by atoms with E-state index in [1.165, 1.54) is 13.8 Å². The number of esters is 3. The number of piperidine rings is 1.